The normalized spacial score (nSPS) is 11.9. The number of amides is 2. The number of nitrogens with one attached hydrogen (secondary N) is 2. The highest BCUT2D eigenvalue weighted by Gasteiger charge is 2.19. The predicted molar refractivity (Wildman–Crippen MR) is 102 cm³/mol. The summed E-state index contributed by atoms with van der Waals surface area (Å²) in [6.07, 6.45) is 2.99. The Morgan fingerprint density at radius 3 is 2.33 bits per heavy atom. The summed E-state index contributed by atoms with van der Waals surface area (Å²) in [4.78, 5) is 24.8. The van der Waals surface area contributed by atoms with Crippen LogP contribution < -0.4 is 10.7 Å². The van der Waals surface area contributed by atoms with Crippen LogP contribution in [-0.2, 0) is 4.79 Å². The number of carbonyl (C=O) groups excluding carboxylic acids is 2. The molecule has 3 aromatic rings. The number of nitrogens with zero attached hydrogens (tertiary/aromatic N) is 1. The molecule has 136 valence electrons. The van der Waals surface area contributed by atoms with Gasteiger partial charge in [-0.05, 0) is 29.8 Å². The molecule has 27 heavy (non-hydrogen) atoms. The molecule has 0 fully saturated rings. The van der Waals surface area contributed by atoms with Crippen LogP contribution in [0.1, 0.15) is 34.1 Å². The van der Waals surface area contributed by atoms with Crippen LogP contribution in [0.25, 0.3) is 0 Å². The molecule has 1 aromatic heterocycles. The fraction of sp³-hybridized carbons (Fsp3) is 0.0952. The van der Waals surface area contributed by atoms with Crippen molar-refractivity contribution in [2.75, 3.05) is 0 Å². The molecule has 0 aliphatic rings. The van der Waals surface area contributed by atoms with Crippen molar-refractivity contribution in [2.45, 2.75) is 12.5 Å². The van der Waals surface area contributed by atoms with Crippen LogP contribution in [0.2, 0.25) is 0 Å². The van der Waals surface area contributed by atoms with E-state index in [1.54, 1.807) is 36.4 Å². The second kappa shape index (κ2) is 9.15. The van der Waals surface area contributed by atoms with Crippen molar-refractivity contribution in [1.29, 1.82) is 0 Å². The van der Waals surface area contributed by atoms with Crippen molar-refractivity contribution in [3.05, 3.63) is 95.9 Å². The Morgan fingerprint density at radius 1 is 0.963 bits per heavy atom. The number of hydrogen-bond acceptors (Lipinski definition) is 4. The minimum absolute atomic E-state index is 0.0537. The zero-order chi connectivity index (χ0) is 18.9. The van der Waals surface area contributed by atoms with Gasteiger partial charge in [-0.3, -0.25) is 9.59 Å². The van der Waals surface area contributed by atoms with Gasteiger partial charge in [0.1, 0.15) is 5.76 Å². The van der Waals surface area contributed by atoms with Gasteiger partial charge >= 0.3 is 0 Å². The van der Waals surface area contributed by atoms with Gasteiger partial charge in [0.15, 0.2) is 0 Å². The van der Waals surface area contributed by atoms with Crippen LogP contribution in [0.3, 0.4) is 0 Å². The van der Waals surface area contributed by atoms with Crippen LogP contribution in [0.15, 0.2) is 88.6 Å². The van der Waals surface area contributed by atoms with Gasteiger partial charge in [0, 0.05) is 5.56 Å². The molecule has 0 spiro atoms. The lowest BCUT2D eigenvalue weighted by atomic mass is 10.0. The number of hydrazone groups is 1. The molecule has 6 nitrogen and oxygen atoms in total. The second-order valence-electron chi connectivity index (χ2n) is 5.82. The molecule has 0 radical (unpaired) electrons. The van der Waals surface area contributed by atoms with Crippen LogP contribution in [0.5, 0.6) is 0 Å². The van der Waals surface area contributed by atoms with Gasteiger partial charge in [-0.2, -0.15) is 5.10 Å². The Labute approximate surface area is 156 Å². The average molecular weight is 361 g/mol. The van der Waals surface area contributed by atoms with Gasteiger partial charge in [0.25, 0.3) is 5.91 Å². The maximum absolute atomic E-state index is 12.5. The molecule has 0 aliphatic carbocycles. The summed E-state index contributed by atoms with van der Waals surface area (Å²) >= 11 is 0. The largest absolute Gasteiger partial charge is 0.463 e. The van der Waals surface area contributed by atoms with Gasteiger partial charge in [-0.1, -0.05) is 48.5 Å². The third kappa shape index (κ3) is 5.40. The molecule has 0 bridgehead atoms. The highest BCUT2D eigenvalue weighted by molar-refractivity contribution is 5.94. The third-order valence-corrected chi connectivity index (χ3v) is 3.86. The molecule has 1 atom stereocenters. The van der Waals surface area contributed by atoms with E-state index in [2.05, 4.69) is 15.8 Å². The lowest BCUT2D eigenvalue weighted by molar-refractivity contribution is -0.121. The van der Waals surface area contributed by atoms with Crippen LogP contribution in [-0.4, -0.2) is 18.0 Å². The molecule has 0 saturated heterocycles. The number of rotatable bonds is 7. The minimum Gasteiger partial charge on any atom is -0.463 e. The average Bonchev–Trinajstić information content (AvgIpc) is 3.22. The molecule has 0 saturated carbocycles. The van der Waals surface area contributed by atoms with Crippen LogP contribution in [0.4, 0.5) is 0 Å². The van der Waals surface area contributed by atoms with E-state index in [1.165, 1.54) is 12.5 Å². The fourth-order valence-corrected chi connectivity index (χ4v) is 2.53. The number of carbonyl (C=O) groups is 2. The smallest absolute Gasteiger partial charge is 0.251 e. The first-order valence-corrected chi connectivity index (χ1v) is 8.48. The molecule has 6 heteroatoms. The fourth-order valence-electron chi connectivity index (χ4n) is 2.53. The van der Waals surface area contributed by atoms with E-state index in [9.17, 15) is 9.59 Å². The second-order valence-corrected chi connectivity index (χ2v) is 5.82. The van der Waals surface area contributed by atoms with Gasteiger partial charge in [0.05, 0.1) is 24.9 Å². The molecule has 0 aliphatic heterocycles. The Balaban J connectivity index is 1.66. The monoisotopic (exact) mass is 361 g/mol. The van der Waals surface area contributed by atoms with Gasteiger partial charge in [-0.25, -0.2) is 5.43 Å². The molecule has 2 N–H and O–H groups in total. The number of hydrogen-bond donors (Lipinski definition) is 2. The molecule has 2 aromatic carbocycles. The Hall–Kier alpha value is -3.67. The lowest BCUT2D eigenvalue weighted by Crippen LogP contribution is -2.32. The van der Waals surface area contributed by atoms with Crippen molar-refractivity contribution in [2.24, 2.45) is 5.10 Å². The summed E-state index contributed by atoms with van der Waals surface area (Å²) in [7, 11) is 0. The zero-order valence-corrected chi connectivity index (χ0v) is 14.5. The molecule has 3 rings (SSSR count). The Morgan fingerprint density at radius 2 is 1.67 bits per heavy atom. The van der Waals surface area contributed by atoms with E-state index in [-0.39, 0.29) is 18.2 Å². The van der Waals surface area contributed by atoms with Gasteiger partial charge in [-0.15, -0.1) is 0 Å². The quantitative estimate of drug-likeness (QED) is 0.500. The topological polar surface area (TPSA) is 83.7 Å². The summed E-state index contributed by atoms with van der Waals surface area (Å²) in [5.41, 5.74) is 3.83. The first kappa shape index (κ1) is 18.1. The molecule has 2 amide bonds. The Bertz CT molecular complexity index is 891. The maximum atomic E-state index is 12.5. The highest BCUT2D eigenvalue weighted by Crippen LogP contribution is 2.17. The zero-order valence-electron chi connectivity index (χ0n) is 14.5. The molecular formula is C21H19N3O3. The summed E-state index contributed by atoms with van der Waals surface area (Å²) in [6.45, 7) is 0. The summed E-state index contributed by atoms with van der Waals surface area (Å²) < 4.78 is 5.11. The van der Waals surface area contributed by atoms with E-state index in [0.717, 1.165) is 5.56 Å². The standard InChI is InChI=1S/C21H19N3O3/c25-20(24-22-15-18-12-7-13-27-18)14-19(16-8-3-1-4-9-16)23-21(26)17-10-5-2-6-11-17/h1-13,15,19H,14H2,(H,23,26)(H,24,25)/b22-15-/t19-/m1/s1. The van der Waals surface area contributed by atoms with Crippen molar-refractivity contribution >= 4 is 18.0 Å². The van der Waals surface area contributed by atoms with Crippen molar-refractivity contribution in [1.82, 2.24) is 10.7 Å². The lowest BCUT2D eigenvalue weighted by Gasteiger charge is -2.18. The third-order valence-electron chi connectivity index (χ3n) is 3.86. The van der Waals surface area contributed by atoms with Crippen molar-refractivity contribution in [3.8, 4) is 0 Å². The summed E-state index contributed by atoms with van der Waals surface area (Å²) in [5, 5.41) is 6.78. The Kier molecular flexibility index (Phi) is 6.14. The van der Waals surface area contributed by atoms with E-state index >= 15 is 0 Å². The SMILES string of the molecule is O=C(C[C@@H](NC(=O)c1ccccc1)c1ccccc1)N/N=C\c1ccco1. The van der Waals surface area contributed by atoms with E-state index in [4.69, 9.17) is 4.42 Å². The molecule has 0 unspecified atom stereocenters. The summed E-state index contributed by atoms with van der Waals surface area (Å²) in [5.74, 6) is -0.0244. The van der Waals surface area contributed by atoms with Gasteiger partial charge < -0.3 is 9.73 Å². The minimum atomic E-state index is -0.474. The predicted octanol–water partition coefficient (Wildman–Crippen LogP) is 3.29. The van der Waals surface area contributed by atoms with E-state index in [1.807, 2.05) is 36.4 Å². The molecular weight excluding hydrogens is 342 g/mol. The molecule has 1 heterocycles. The van der Waals surface area contributed by atoms with Crippen LogP contribution in [0, 0.1) is 0 Å². The summed E-state index contributed by atoms with van der Waals surface area (Å²) in [6, 6.07) is 21.2. The van der Waals surface area contributed by atoms with E-state index in [0.29, 0.717) is 11.3 Å². The highest BCUT2D eigenvalue weighted by atomic mass is 16.3. The number of furan rings is 1. The first-order chi connectivity index (χ1) is 13.2. The van der Waals surface area contributed by atoms with Crippen molar-refractivity contribution in [3.63, 3.8) is 0 Å². The van der Waals surface area contributed by atoms with Crippen LogP contribution >= 0.6 is 0 Å². The van der Waals surface area contributed by atoms with Gasteiger partial charge in [0.2, 0.25) is 5.91 Å². The van der Waals surface area contributed by atoms with E-state index < -0.39 is 6.04 Å². The van der Waals surface area contributed by atoms with Crippen molar-refractivity contribution < 1.29 is 14.0 Å². The maximum Gasteiger partial charge on any atom is 0.251 e. The first-order valence-electron chi connectivity index (χ1n) is 8.48. The number of benzene rings is 2.